The van der Waals surface area contributed by atoms with E-state index in [4.69, 9.17) is 0 Å². The van der Waals surface area contributed by atoms with Gasteiger partial charge in [-0.1, -0.05) is 18.2 Å². The van der Waals surface area contributed by atoms with Crippen molar-refractivity contribution in [3.05, 3.63) is 70.8 Å². The monoisotopic (exact) mass is 374 g/mol. The lowest BCUT2D eigenvalue weighted by atomic mass is 10.1. The van der Waals surface area contributed by atoms with Crippen LogP contribution in [0.3, 0.4) is 0 Å². The Balaban J connectivity index is 1.67. The van der Waals surface area contributed by atoms with Gasteiger partial charge in [-0.05, 0) is 48.7 Å². The molecule has 27 heavy (non-hydrogen) atoms. The zero-order valence-electron chi connectivity index (χ0n) is 15.5. The molecule has 0 fully saturated rings. The molecule has 0 aromatic heterocycles. The quantitative estimate of drug-likeness (QED) is 0.396. The van der Waals surface area contributed by atoms with Crippen LogP contribution in [0.2, 0.25) is 0 Å². The van der Waals surface area contributed by atoms with E-state index in [1.807, 2.05) is 0 Å². The Kier molecular flexibility index (Phi) is 7.73. The maximum Gasteiger partial charge on any atom is 0.251 e. The van der Waals surface area contributed by atoms with Crippen LogP contribution >= 0.6 is 0 Å². The van der Waals surface area contributed by atoms with Crippen molar-refractivity contribution in [3.8, 4) is 0 Å². The molecule has 144 valence electrons. The highest BCUT2D eigenvalue weighted by molar-refractivity contribution is 5.94. The number of carbonyl (C=O) groups excluding carboxylic acids is 1. The van der Waals surface area contributed by atoms with E-state index in [1.165, 1.54) is 18.2 Å². The number of nitrogens with one attached hydrogen (secondary N) is 3. The first-order chi connectivity index (χ1) is 13.0. The maximum absolute atomic E-state index is 13.5. The molecule has 0 aliphatic rings. The largest absolute Gasteiger partial charge is 0.356 e. The molecule has 3 N–H and O–H groups in total. The third kappa shape index (κ3) is 6.69. The molecule has 2 aromatic carbocycles. The first-order valence-corrected chi connectivity index (χ1v) is 8.73. The second-order valence-electron chi connectivity index (χ2n) is 6.02. The second-order valence-corrected chi connectivity index (χ2v) is 6.02. The standard InChI is InChI=1S/C20H24F2N4O/c1-14-3-6-16(13-18(14)22)19(27)24-11-12-26-20(23-2)25-10-9-15-4-7-17(21)8-5-15/h3-8,13H,9-12H2,1-2H3,(H,24,27)(H2,23,25,26). The molecule has 0 unspecified atom stereocenters. The topological polar surface area (TPSA) is 65.5 Å². The van der Waals surface area contributed by atoms with Crippen LogP contribution in [0.1, 0.15) is 21.5 Å². The van der Waals surface area contributed by atoms with E-state index in [9.17, 15) is 13.6 Å². The van der Waals surface area contributed by atoms with E-state index in [0.717, 1.165) is 12.0 Å². The van der Waals surface area contributed by atoms with Gasteiger partial charge in [0.25, 0.3) is 5.91 Å². The van der Waals surface area contributed by atoms with Crippen LogP contribution in [-0.4, -0.2) is 38.5 Å². The van der Waals surface area contributed by atoms with Gasteiger partial charge in [0, 0.05) is 32.2 Å². The summed E-state index contributed by atoms with van der Waals surface area (Å²) in [4.78, 5) is 16.1. The molecule has 2 rings (SSSR count). The smallest absolute Gasteiger partial charge is 0.251 e. The van der Waals surface area contributed by atoms with E-state index in [0.29, 0.717) is 36.7 Å². The molecule has 0 spiro atoms. The summed E-state index contributed by atoms with van der Waals surface area (Å²) in [6.45, 7) is 3.12. The molecule has 0 saturated heterocycles. The zero-order valence-corrected chi connectivity index (χ0v) is 15.5. The summed E-state index contributed by atoms with van der Waals surface area (Å²) in [5.41, 5.74) is 1.82. The molecule has 0 heterocycles. The summed E-state index contributed by atoms with van der Waals surface area (Å²) in [5.74, 6) is -0.367. The third-order valence-corrected chi connectivity index (χ3v) is 3.98. The van der Waals surface area contributed by atoms with Crippen molar-refractivity contribution < 1.29 is 13.6 Å². The normalized spacial score (nSPS) is 11.2. The van der Waals surface area contributed by atoms with Crippen LogP contribution in [0, 0.1) is 18.6 Å². The minimum atomic E-state index is -0.397. The number of hydrogen-bond acceptors (Lipinski definition) is 2. The van der Waals surface area contributed by atoms with E-state index in [-0.39, 0.29) is 11.7 Å². The first-order valence-electron chi connectivity index (χ1n) is 8.73. The summed E-state index contributed by atoms with van der Waals surface area (Å²) in [6, 6.07) is 10.8. The molecule has 7 heteroatoms. The van der Waals surface area contributed by atoms with Crippen molar-refractivity contribution in [2.24, 2.45) is 4.99 Å². The summed E-state index contributed by atoms with van der Waals surface area (Å²) in [7, 11) is 1.65. The van der Waals surface area contributed by atoms with E-state index in [1.54, 1.807) is 38.2 Å². The number of nitrogens with zero attached hydrogens (tertiary/aromatic N) is 1. The van der Waals surface area contributed by atoms with E-state index < -0.39 is 5.82 Å². The van der Waals surface area contributed by atoms with E-state index in [2.05, 4.69) is 20.9 Å². The predicted octanol–water partition coefficient (Wildman–Crippen LogP) is 2.41. The van der Waals surface area contributed by atoms with E-state index >= 15 is 0 Å². The number of halogens is 2. The highest BCUT2D eigenvalue weighted by Crippen LogP contribution is 2.08. The van der Waals surface area contributed by atoms with Gasteiger partial charge in [-0.25, -0.2) is 8.78 Å². The number of rotatable bonds is 7. The Bertz CT molecular complexity index is 791. The second kappa shape index (κ2) is 10.3. The number of benzene rings is 2. The van der Waals surface area contributed by atoms with Gasteiger partial charge >= 0.3 is 0 Å². The highest BCUT2D eigenvalue weighted by atomic mass is 19.1. The number of hydrogen-bond donors (Lipinski definition) is 3. The molecule has 5 nitrogen and oxygen atoms in total. The molecule has 0 aliphatic heterocycles. The lowest BCUT2D eigenvalue weighted by Gasteiger charge is -2.12. The Morgan fingerprint density at radius 1 is 0.963 bits per heavy atom. The van der Waals surface area contributed by atoms with Gasteiger partial charge in [0.2, 0.25) is 0 Å². The summed E-state index contributed by atoms with van der Waals surface area (Å²) < 4.78 is 26.4. The average Bonchev–Trinajstić information content (AvgIpc) is 2.67. The van der Waals surface area contributed by atoms with Crippen LogP contribution in [-0.2, 0) is 6.42 Å². The van der Waals surface area contributed by atoms with Gasteiger partial charge in [0.15, 0.2) is 5.96 Å². The zero-order chi connectivity index (χ0) is 19.6. The van der Waals surface area contributed by atoms with Crippen molar-refractivity contribution in [1.29, 1.82) is 0 Å². The first kappa shape index (κ1) is 20.4. The van der Waals surface area contributed by atoms with Crippen molar-refractivity contribution in [2.75, 3.05) is 26.7 Å². The molecule has 0 saturated carbocycles. The van der Waals surface area contributed by atoms with Gasteiger partial charge in [0.05, 0.1) is 0 Å². The van der Waals surface area contributed by atoms with Crippen molar-refractivity contribution in [1.82, 2.24) is 16.0 Å². The Morgan fingerprint density at radius 2 is 1.63 bits per heavy atom. The SMILES string of the molecule is CN=C(NCCNC(=O)c1ccc(C)c(F)c1)NCCc1ccc(F)cc1. The van der Waals surface area contributed by atoms with Crippen LogP contribution in [0.5, 0.6) is 0 Å². The summed E-state index contributed by atoms with van der Waals surface area (Å²) in [5, 5.41) is 8.96. The molecule has 1 amide bonds. The lowest BCUT2D eigenvalue weighted by Crippen LogP contribution is -2.42. The van der Waals surface area contributed by atoms with Crippen molar-refractivity contribution >= 4 is 11.9 Å². The molecule has 0 aliphatic carbocycles. The van der Waals surface area contributed by atoms with Crippen LogP contribution in [0.25, 0.3) is 0 Å². The fourth-order valence-corrected chi connectivity index (χ4v) is 2.39. The minimum absolute atomic E-state index is 0.250. The van der Waals surface area contributed by atoms with Crippen LogP contribution in [0.4, 0.5) is 8.78 Å². The van der Waals surface area contributed by atoms with Crippen LogP contribution < -0.4 is 16.0 Å². The fourth-order valence-electron chi connectivity index (χ4n) is 2.39. The summed E-state index contributed by atoms with van der Waals surface area (Å²) >= 11 is 0. The maximum atomic E-state index is 13.5. The Hall–Kier alpha value is -2.96. The number of carbonyl (C=O) groups is 1. The highest BCUT2D eigenvalue weighted by Gasteiger charge is 2.07. The number of aryl methyl sites for hydroxylation is 1. The van der Waals surface area contributed by atoms with Gasteiger partial charge < -0.3 is 16.0 Å². The number of amides is 1. The lowest BCUT2D eigenvalue weighted by molar-refractivity contribution is 0.0954. The van der Waals surface area contributed by atoms with Gasteiger partial charge in [-0.2, -0.15) is 0 Å². The van der Waals surface area contributed by atoms with Gasteiger partial charge in [0.1, 0.15) is 11.6 Å². The van der Waals surface area contributed by atoms with Crippen molar-refractivity contribution in [3.63, 3.8) is 0 Å². The van der Waals surface area contributed by atoms with Crippen molar-refractivity contribution in [2.45, 2.75) is 13.3 Å². The predicted molar refractivity (Wildman–Crippen MR) is 103 cm³/mol. The Morgan fingerprint density at radius 3 is 2.30 bits per heavy atom. The molecular formula is C20H24F2N4O. The number of guanidine groups is 1. The van der Waals surface area contributed by atoms with Gasteiger partial charge in [-0.15, -0.1) is 0 Å². The number of aliphatic imine (C=N–C) groups is 1. The molecule has 2 aromatic rings. The third-order valence-electron chi connectivity index (χ3n) is 3.98. The fraction of sp³-hybridized carbons (Fsp3) is 0.300. The average molecular weight is 374 g/mol. The molecule has 0 radical (unpaired) electrons. The molecule has 0 bridgehead atoms. The summed E-state index contributed by atoms with van der Waals surface area (Å²) in [6.07, 6.45) is 0.733. The Labute approximate surface area is 157 Å². The van der Waals surface area contributed by atoms with Gasteiger partial charge in [-0.3, -0.25) is 9.79 Å². The molecule has 0 atom stereocenters. The van der Waals surface area contributed by atoms with Crippen LogP contribution in [0.15, 0.2) is 47.5 Å². The molecular weight excluding hydrogens is 350 g/mol. The minimum Gasteiger partial charge on any atom is -0.356 e.